The van der Waals surface area contributed by atoms with Crippen molar-refractivity contribution in [2.45, 2.75) is 33.1 Å². The van der Waals surface area contributed by atoms with Crippen molar-refractivity contribution in [2.24, 2.45) is 5.41 Å². The number of rotatable bonds is 4. The monoisotopic (exact) mass is 198 g/mol. The van der Waals surface area contributed by atoms with Crippen LogP contribution in [0, 0.1) is 12.0 Å². The van der Waals surface area contributed by atoms with Gasteiger partial charge in [-0.15, -0.1) is 0 Å². The topological polar surface area (TPSA) is 57.6 Å². The maximum absolute atomic E-state index is 11.2. The Balaban J connectivity index is 2.40. The molecule has 1 fully saturated rings. The normalized spacial score (nSPS) is 17.6. The number of hydrogen-bond donors (Lipinski definition) is 1. The molecule has 79 valence electrons. The third-order valence-corrected chi connectivity index (χ3v) is 2.51. The van der Waals surface area contributed by atoms with E-state index >= 15 is 0 Å². The molecule has 0 atom stereocenters. The van der Waals surface area contributed by atoms with Gasteiger partial charge in [-0.05, 0) is 26.7 Å². The second-order valence-corrected chi connectivity index (χ2v) is 4.27. The summed E-state index contributed by atoms with van der Waals surface area (Å²) < 4.78 is 0. The van der Waals surface area contributed by atoms with E-state index in [2.05, 4.69) is 0 Å². The second-order valence-electron chi connectivity index (χ2n) is 4.27. The van der Waals surface area contributed by atoms with Crippen molar-refractivity contribution in [1.82, 2.24) is 4.90 Å². The molecule has 0 aromatic heterocycles. The molecule has 0 unspecified atom stereocenters. The summed E-state index contributed by atoms with van der Waals surface area (Å²) in [7, 11) is 0. The predicted molar refractivity (Wildman–Crippen MR) is 51.3 cm³/mol. The highest BCUT2D eigenvalue weighted by atomic mass is 16.4. The molecule has 1 rings (SSSR count). The van der Waals surface area contributed by atoms with Gasteiger partial charge in [-0.25, -0.2) is 0 Å². The molecule has 0 aromatic carbocycles. The van der Waals surface area contributed by atoms with E-state index in [1.807, 2.05) is 0 Å². The summed E-state index contributed by atoms with van der Waals surface area (Å²) in [5, 5.41) is 8.86. The molecule has 1 heterocycles. The van der Waals surface area contributed by atoms with E-state index in [0.29, 0.717) is 12.8 Å². The lowest BCUT2D eigenvalue weighted by Gasteiger charge is -2.22. The summed E-state index contributed by atoms with van der Waals surface area (Å²) in [5.74, 6) is -0.730. The van der Waals surface area contributed by atoms with Gasteiger partial charge in [0, 0.05) is 13.0 Å². The van der Waals surface area contributed by atoms with E-state index in [4.69, 9.17) is 5.11 Å². The summed E-state index contributed by atoms with van der Waals surface area (Å²) >= 11 is 0. The highest BCUT2D eigenvalue weighted by molar-refractivity contribution is 5.79. The third kappa shape index (κ3) is 2.47. The van der Waals surface area contributed by atoms with E-state index in [1.54, 1.807) is 25.3 Å². The first-order valence-corrected chi connectivity index (χ1v) is 4.80. The summed E-state index contributed by atoms with van der Waals surface area (Å²) in [6.45, 7) is 5.76. The van der Waals surface area contributed by atoms with Gasteiger partial charge in [0.2, 0.25) is 5.91 Å². The van der Waals surface area contributed by atoms with Gasteiger partial charge in [0.05, 0.1) is 12.0 Å². The van der Waals surface area contributed by atoms with Crippen LogP contribution >= 0.6 is 0 Å². The largest absolute Gasteiger partial charge is 0.481 e. The molecule has 1 aliphatic rings. The third-order valence-electron chi connectivity index (χ3n) is 2.51. The van der Waals surface area contributed by atoms with Crippen LogP contribution < -0.4 is 0 Å². The quantitative estimate of drug-likeness (QED) is 0.740. The van der Waals surface area contributed by atoms with Crippen LogP contribution in [0.1, 0.15) is 33.1 Å². The van der Waals surface area contributed by atoms with Gasteiger partial charge < -0.3 is 10.0 Å². The average molecular weight is 198 g/mol. The maximum Gasteiger partial charge on any atom is 0.309 e. The fourth-order valence-corrected chi connectivity index (χ4v) is 1.29. The van der Waals surface area contributed by atoms with E-state index in [9.17, 15) is 9.59 Å². The molecular weight excluding hydrogens is 182 g/mol. The Hall–Kier alpha value is -1.06. The van der Waals surface area contributed by atoms with E-state index in [-0.39, 0.29) is 5.91 Å². The smallest absolute Gasteiger partial charge is 0.309 e. The van der Waals surface area contributed by atoms with Crippen LogP contribution in [-0.2, 0) is 9.59 Å². The van der Waals surface area contributed by atoms with Crippen LogP contribution in [0.3, 0.4) is 0 Å². The Morgan fingerprint density at radius 3 is 2.71 bits per heavy atom. The van der Waals surface area contributed by atoms with Gasteiger partial charge in [0.15, 0.2) is 0 Å². The lowest BCUT2D eigenvalue weighted by molar-refractivity contribution is -0.147. The zero-order valence-electron chi connectivity index (χ0n) is 8.62. The summed E-state index contributed by atoms with van der Waals surface area (Å²) in [5.41, 5.74) is -0.789. The molecular formula is C10H16NO3. The van der Waals surface area contributed by atoms with Crippen LogP contribution in [0.4, 0.5) is 0 Å². The molecule has 14 heavy (non-hydrogen) atoms. The minimum atomic E-state index is -0.833. The van der Waals surface area contributed by atoms with Crippen LogP contribution in [-0.4, -0.2) is 28.4 Å². The van der Waals surface area contributed by atoms with Gasteiger partial charge in [-0.1, -0.05) is 0 Å². The summed E-state index contributed by atoms with van der Waals surface area (Å²) in [6, 6.07) is 0. The zero-order chi connectivity index (χ0) is 10.8. The van der Waals surface area contributed by atoms with Gasteiger partial charge in [-0.3, -0.25) is 9.59 Å². The van der Waals surface area contributed by atoms with Gasteiger partial charge in [0.25, 0.3) is 0 Å². The molecule has 1 amide bonds. The first-order valence-electron chi connectivity index (χ1n) is 4.80. The minimum Gasteiger partial charge on any atom is -0.481 e. The lowest BCUT2D eigenvalue weighted by Crippen LogP contribution is -2.29. The van der Waals surface area contributed by atoms with Gasteiger partial charge >= 0.3 is 5.97 Å². The molecule has 1 N–H and O–H groups in total. The van der Waals surface area contributed by atoms with Crippen LogP contribution in [0.2, 0.25) is 0 Å². The average Bonchev–Trinajstić information content (AvgIpc) is 2.47. The van der Waals surface area contributed by atoms with Crippen molar-refractivity contribution in [3.8, 4) is 0 Å². The molecule has 4 nitrogen and oxygen atoms in total. The number of aliphatic carboxylic acids is 1. The predicted octanol–water partition coefficient (Wildman–Crippen LogP) is 1.27. The zero-order valence-corrected chi connectivity index (χ0v) is 8.62. The van der Waals surface area contributed by atoms with Crippen molar-refractivity contribution in [3.63, 3.8) is 0 Å². The molecule has 0 saturated carbocycles. The molecule has 1 aliphatic heterocycles. The van der Waals surface area contributed by atoms with E-state index in [1.165, 1.54) is 0 Å². The number of likely N-dealkylation sites (tertiary alicyclic amines) is 1. The van der Waals surface area contributed by atoms with Crippen molar-refractivity contribution in [3.05, 3.63) is 6.54 Å². The fraction of sp³-hybridized carbons (Fsp3) is 0.700. The second kappa shape index (κ2) is 3.98. The maximum atomic E-state index is 11.2. The van der Waals surface area contributed by atoms with Gasteiger partial charge in [0.1, 0.15) is 0 Å². The van der Waals surface area contributed by atoms with Crippen LogP contribution in [0.5, 0.6) is 0 Å². The highest BCUT2D eigenvalue weighted by Crippen LogP contribution is 2.24. The SMILES string of the molecule is CC(C)(C[CH]N1CCCC1=O)C(=O)O. The Morgan fingerprint density at radius 1 is 1.64 bits per heavy atom. The number of amides is 1. The number of carbonyl (C=O) groups is 2. The standard InChI is InChI=1S/C10H16NO3/c1-10(2,9(13)14)5-7-11-6-3-4-8(11)12/h7H,3-6H2,1-2H3,(H,13,14). The Bertz CT molecular complexity index is 248. The van der Waals surface area contributed by atoms with Crippen molar-refractivity contribution in [1.29, 1.82) is 0 Å². The minimum absolute atomic E-state index is 0.103. The Kier molecular flexibility index (Phi) is 3.13. The van der Waals surface area contributed by atoms with Crippen LogP contribution in [0.15, 0.2) is 0 Å². The van der Waals surface area contributed by atoms with E-state index in [0.717, 1.165) is 13.0 Å². The first-order chi connectivity index (χ1) is 6.43. The summed E-state index contributed by atoms with van der Waals surface area (Å²) in [6.07, 6.45) is 1.86. The van der Waals surface area contributed by atoms with Gasteiger partial charge in [-0.2, -0.15) is 0 Å². The van der Waals surface area contributed by atoms with Crippen molar-refractivity contribution in [2.75, 3.05) is 6.54 Å². The first kappa shape index (κ1) is 11.0. The molecule has 1 radical (unpaired) electrons. The molecule has 4 heteroatoms. The number of carboxylic acids is 1. The summed E-state index contributed by atoms with van der Waals surface area (Å²) in [4.78, 5) is 23.6. The lowest BCUT2D eigenvalue weighted by atomic mass is 9.89. The van der Waals surface area contributed by atoms with Crippen molar-refractivity contribution < 1.29 is 14.7 Å². The number of hydrogen-bond acceptors (Lipinski definition) is 2. The van der Waals surface area contributed by atoms with Crippen molar-refractivity contribution >= 4 is 11.9 Å². The number of nitrogens with zero attached hydrogens (tertiary/aromatic N) is 1. The molecule has 0 bridgehead atoms. The molecule has 1 saturated heterocycles. The van der Waals surface area contributed by atoms with E-state index < -0.39 is 11.4 Å². The Labute approximate surface area is 83.9 Å². The molecule has 0 aliphatic carbocycles. The molecule has 0 aromatic rings. The van der Waals surface area contributed by atoms with Crippen LogP contribution in [0.25, 0.3) is 0 Å². The molecule has 0 spiro atoms. The Morgan fingerprint density at radius 2 is 2.29 bits per heavy atom. The fourth-order valence-electron chi connectivity index (χ4n) is 1.29. The number of carbonyl (C=O) groups excluding carboxylic acids is 1. The highest BCUT2D eigenvalue weighted by Gasteiger charge is 2.29. The number of carboxylic acid groups (broad SMARTS) is 1.